The van der Waals surface area contributed by atoms with Crippen molar-refractivity contribution in [3.05, 3.63) is 42.4 Å². The molecule has 0 radical (unpaired) electrons. The fourth-order valence-corrected chi connectivity index (χ4v) is 1.59. The van der Waals surface area contributed by atoms with Crippen molar-refractivity contribution in [3.8, 4) is 0 Å². The summed E-state index contributed by atoms with van der Waals surface area (Å²) in [6, 6.07) is 1.99. The molecule has 4 heteroatoms. The van der Waals surface area contributed by atoms with Crippen LogP contribution >= 0.6 is 0 Å². The Labute approximate surface area is 95.3 Å². The highest BCUT2D eigenvalue weighted by Crippen LogP contribution is 2.07. The zero-order chi connectivity index (χ0) is 11.2. The van der Waals surface area contributed by atoms with Crippen LogP contribution in [0.3, 0.4) is 0 Å². The molecule has 0 aliphatic rings. The standard InChI is InChI=1S/C12H17N3O/c1-11-3-8-16-12(11)9-13-4-2-6-15-7-5-14-10-15/h3,5,7-8,10,13H,2,4,6,9H2,1H3. The molecule has 0 saturated heterocycles. The Kier molecular flexibility index (Phi) is 3.77. The molecule has 0 fully saturated rings. The van der Waals surface area contributed by atoms with Crippen molar-refractivity contribution in [1.29, 1.82) is 0 Å². The zero-order valence-electron chi connectivity index (χ0n) is 9.52. The van der Waals surface area contributed by atoms with E-state index in [1.807, 2.05) is 18.6 Å². The summed E-state index contributed by atoms with van der Waals surface area (Å²) in [6.07, 6.45) is 8.46. The quantitative estimate of drug-likeness (QED) is 0.755. The Balaban J connectivity index is 1.61. The van der Waals surface area contributed by atoms with Gasteiger partial charge in [0.25, 0.3) is 0 Å². The Morgan fingerprint density at radius 1 is 1.50 bits per heavy atom. The second kappa shape index (κ2) is 5.51. The molecule has 2 aromatic heterocycles. The summed E-state index contributed by atoms with van der Waals surface area (Å²) in [5, 5.41) is 3.36. The molecule has 2 aromatic rings. The van der Waals surface area contributed by atoms with E-state index >= 15 is 0 Å². The minimum absolute atomic E-state index is 0.808. The zero-order valence-corrected chi connectivity index (χ0v) is 9.52. The number of furan rings is 1. The van der Waals surface area contributed by atoms with E-state index in [9.17, 15) is 0 Å². The molecule has 86 valence electrons. The van der Waals surface area contributed by atoms with Crippen LogP contribution in [0.4, 0.5) is 0 Å². The maximum atomic E-state index is 5.34. The van der Waals surface area contributed by atoms with Crippen LogP contribution in [0, 0.1) is 6.92 Å². The van der Waals surface area contributed by atoms with Crippen LogP contribution in [0.5, 0.6) is 0 Å². The van der Waals surface area contributed by atoms with Crippen molar-refractivity contribution in [2.75, 3.05) is 6.54 Å². The molecule has 2 heterocycles. The summed E-state index contributed by atoms with van der Waals surface area (Å²) < 4.78 is 7.42. The Morgan fingerprint density at radius 2 is 2.44 bits per heavy atom. The van der Waals surface area contributed by atoms with Crippen LogP contribution in [0.25, 0.3) is 0 Å². The van der Waals surface area contributed by atoms with E-state index in [-0.39, 0.29) is 0 Å². The summed E-state index contributed by atoms with van der Waals surface area (Å²) in [4.78, 5) is 4.00. The van der Waals surface area contributed by atoms with Gasteiger partial charge in [0, 0.05) is 18.9 Å². The predicted octanol–water partition coefficient (Wildman–Crippen LogP) is 1.96. The lowest BCUT2D eigenvalue weighted by atomic mass is 10.3. The SMILES string of the molecule is Cc1ccoc1CNCCCn1ccnc1. The first-order valence-corrected chi connectivity index (χ1v) is 5.55. The minimum Gasteiger partial charge on any atom is -0.468 e. The number of rotatable bonds is 6. The summed E-state index contributed by atoms with van der Waals surface area (Å²) >= 11 is 0. The topological polar surface area (TPSA) is 43.0 Å². The van der Waals surface area contributed by atoms with Gasteiger partial charge in [0.15, 0.2) is 0 Å². The van der Waals surface area contributed by atoms with Gasteiger partial charge in [-0.1, -0.05) is 0 Å². The third kappa shape index (κ3) is 2.97. The summed E-state index contributed by atoms with van der Waals surface area (Å²) in [5.74, 6) is 1.03. The number of aromatic nitrogens is 2. The fourth-order valence-electron chi connectivity index (χ4n) is 1.59. The number of hydrogen-bond acceptors (Lipinski definition) is 3. The van der Waals surface area contributed by atoms with Gasteiger partial charge < -0.3 is 14.3 Å². The summed E-state index contributed by atoms with van der Waals surface area (Å²) in [6.45, 7) is 4.86. The van der Waals surface area contributed by atoms with Crippen LogP contribution in [0.15, 0.2) is 35.5 Å². The molecule has 0 atom stereocenters. The van der Waals surface area contributed by atoms with Crippen molar-refractivity contribution >= 4 is 0 Å². The van der Waals surface area contributed by atoms with Crippen LogP contribution in [0.1, 0.15) is 17.7 Å². The van der Waals surface area contributed by atoms with Crippen LogP contribution in [0.2, 0.25) is 0 Å². The second-order valence-corrected chi connectivity index (χ2v) is 3.86. The average Bonchev–Trinajstić information content (AvgIpc) is 2.90. The average molecular weight is 219 g/mol. The van der Waals surface area contributed by atoms with Gasteiger partial charge in [0.05, 0.1) is 19.1 Å². The molecule has 16 heavy (non-hydrogen) atoms. The molecule has 1 N–H and O–H groups in total. The maximum absolute atomic E-state index is 5.34. The lowest BCUT2D eigenvalue weighted by Crippen LogP contribution is -2.16. The van der Waals surface area contributed by atoms with Crippen molar-refractivity contribution in [2.45, 2.75) is 26.4 Å². The number of imidazole rings is 1. The molecule has 0 aromatic carbocycles. The van der Waals surface area contributed by atoms with Gasteiger partial charge in [-0.05, 0) is 31.5 Å². The molecule has 0 unspecified atom stereocenters. The molecule has 0 aliphatic heterocycles. The highest BCUT2D eigenvalue weighted by molar-refractivity contribution is 5.13. The van der Waals surface area contributed by atoms with Gasteiger partial charge >= 0.3 is 0 Å². The molecule has 0 spiro atoms. The number of aryl methyl sites for hydroxylation is 2. The lowest BCUT2D eigenvalue weighted by Gasteiger charge is -2.04. The largest absolute Gasteiger partial charge is 0.468 e. The number of nitrogens with one attached hydrogen (secondary N) is 1. The Bertz CT molecular complexity index is 406. The van der Waals surface area contributed by atoms with Gasteiger partial charge in [-0.15, -0.1) is 0 Å². The molecule has 0 bridgehead atoms. The van der Waals surface area contributed by atoms with E-state index in [1.165, 1.54) is 5.56 Å². The smallest absolute Gasteiger partial charge is 0.120 e. The Morgan fingerprint density at radius 3 is 3.12 bits per heavy atom. The van der Waals surface area contributed by atoms with Crippen LogP contribution in [-0.4, -0.2) is 16.1 Å². The second-order valence-electron chi connectivity index (χ2n) is 3.86. The van der Waals surface area contributed by atoms with Crippen molar-refractivity contribution in [1.82, 2.24) is 14.9 Å². The van der Waals surface area contributed by atoms with Gasteiger partial charge in [0.2, 0.25) is 0 Å². The number of nitrogens with zero attached hydrogens (tertiary/aromatic N) is 2. The van der Waals surface area contributed by atoms with E-state index < -0.39 is 0 Å². The van der Waals surface area contributed by atoms with E-state index in [0.29, 0.717) is 0 Å². The molecular weight excluding hydrogens is 202 g/mol. The molecule has 0 amide bonds. The minimum atomic E-state index is 0.808. The third-order valence-corrected chi connectivity index (χ3v) is 2.58. The highest BCUT2D eigenvalue weighted by Gasteiger charge is 1.99. The third-order valence-electron chi connectivity index (χ3n) is 2.58. The van der Waals surface area contributed by atoms with Crippen molar-refractivity contribution in [3.63, 3.8) is 0 Å². The van der Waals surface area contributed by atoms with E-state index in [4.69, 9.17) is 4.42 Å². The van der Waals surface area contributed by atoms with Gasteiger partial charge in [-0.2, -0.15) is 0 Å². The van der Waals surface area contributed by atoms with Crippen LogP contribution in [-0.2, 0) is 13.1 Å². The first-order valence-electron chi connectivity index (χ1n) is 5.55. The van der Waals surface area contributed by atoms with Gasteiger partial charge in [-0.3, -0.25) is 0 Å². The first-order chi connectivity index (χ1) is 7.86. The lowest BCUT2D eigenvalue weighted by molar-refractivity contribution is 0.473. The summed E-state index contributed by atoms with van der Waals surface area (Å²) in [7, 11) is 0. The van der Waals surface area contributed by atoms with Crippen molar-refractivity contribution in [2.24, 2.45) is 0 Å². The monoisotopic (exact) mass is 219 g/mol. The number of hydrogen-bond donors (Lipinski definition) is 1. The van der Waals surface area contributed by atoms with E-state index in [0.717, 1.165) is 31.8 Å². The first kappa shape index (κ1) is 11.0. The molecule has 0 aliphatic carbocycles. The Hall–Kier alpha value is -1.55. The fraction of sp³-hybridized carbons (Fsp3) is 0.417. The molecule has 4 nitrogen and oxygen atoms in total. The molecule has 2 rings (SSSR count). The van der Waals surface area contributed by atoms with E-state index in [2.05, 4.69) is 21.8 Å². The van der Waals surface area contributed by atoms with Crippen LogP contribution < -0.4 is 5.32 Å². The van der Waals surface area contributed by atoms with Crippen molar-refractivity contribution < 1.29 is 4.42 Å². The maximum Gasteiger partial charge on any atom is 0.120 e. The molecule has 0 saturated carbocycles. The van der Waals surface area contributed by atoms with E-state index in [1.54, 1.807) is 12.5 Å². The normalized spacial score (nSPS) is 10.8. The predicted molar refractivity (Wildman–Crippen MR) is 62.0 cm³/mol. The summed E-state index contributed by atoms with van der Waals surface area (Å²) in [5.41, 5.74) is 1.21. The van der Waals surface area contributed by atoms with Gasteiger partial charge in [-0.25, -0.2) is 4.98 Å². The van der Waals surface area contributed by atoms with Gasteiger partial charge in [0.1, 0.15) is 5.76 Å². The highest BCUT2D eigenvalue weighted by atomic mass is 16.3. The molecular formula is C12H17N3O.